The molecule has 0 saturated heterocycles. The van der Waals surface area contributed by atoms with E-state index in [1.165, 1.54) is 12.1 Å². The van der Waals surface area contributed by atoms with E-state index in [2.05, 4.69) is 9.97 Å². The fourth-order valence-electron chi connectivity index (χ4n) is 1.90. The number of hydrogen-bond acceptors (Lipinski definition) is 2. The molecule has 0 saturated carbocycles. The number of rotatable bonds is 1. The summed E-state index contributed by atoms with van der Waals surface area (Å²) in [4.78, 5) is 8.58. The molecule has 0 aliphatic carbocycles. The number of hydrogen-bond donors (Lipinski definition) is 0. The number of aromatic nitrogens is 2. The van der Waals surface area contributed by atoms with Gasteiger partial charge >= 0.3 is 0 Å². The van der Waals surface area contributed by atoms with Crippen LogP contribution in [0.25, 0.3) is 22.0 Å². The minimum atomic E-state index is -0.247. The smallest absolute Gasteiger partial charge is 0.123 e. The molecule has 0 aliphatic rings. The number of nitrogens with zero attached hydrogens (tertiary/aromatic N) is 2. The average Bonchev–Trinajstić information content (AvgIpc) is 2.38. The monoisotopic (exact) mass is 238 g/mol. The maximum atomic E-state index is 13.2. The Balaban J connectivity index is 2.15. The summed E-state index contributed by atoms with van der Waals surface area (Å²) in [6, 6.07) is 10.5. The lowest BCUT2D eigenvalue weighted by Crippen LogP contribution is -1.86. The first kappa shape index (κ1) is 10.8. The van der Waals surface area contributed by atoms with Crippen LogP contribution in [0, 0.1) is 12.7 Å². The van der Waals surface area contributed by atoms with Crippen molar-refractivity contribution in [2.75, 3.05) is 0 Å². The predicted molar refractivity (Wildman–Crippen MR) is 69.7 cm³/mol. The van der Waals surface area contributed by atoms with Gasteiger partial charge in [0.25, 0.3) is 0 Å². The second-order valence-electron chi connectivity index (χ2n) is 4.25. The molecule has 0 unspecified atom stereocenters. The van der Waals surface area contributed by atoms with Crippen LogP contribution in [0.1, 0.15) is 5.69 Å². The Bertz CT molecular complexity index is 705. The zero-order valence-corrected chi connectivity index (χ0v) is 9.89. The Morgan fingerprint density at radius 1 is 0.889 bits per heavy atom. The molecule has 88 valence electrons. The topological polar surface area (TPSA) is 25.8 Å². The van der Waals surface area contributed by atoms with Gasteiger partial charge in [0, 0.05) is 34.6 Å². The van der Waals surface area contributed by atoms with Crippen LogP contribution in [-0.4, -0.2) is 9.97 Å². The lowest BCUT2D eigenvalue weighted by molar-refractivity contribution is 0.629. The lowest BCUT2D eigenvalue weighted by atomic mass is 10.1. The summed E-state index contributed by atoms with van der Waals surface area (Å²) in [6.45, 7) is 1.94. The fourth-order valence-corrected chi connectivity index (χ4v) is 1.90. The Morgan fingerprint density at radius 3 is 2.50 bits per heavy atom. The van der Waals surface area contributed by atoms with Gasteiger partial charge in [-0.15, -0.1) is 0 Å². The fraction of sp³-hybridized carbons (Fsp3) is 0.0667. The molecule has 2 nitrogen and oxygen atoms in total. The van der Waals surface area contributed by atoms with Gasteiger partial charge in [-0.25, -0.2) is 4.39 Å². The minimum Gasteiger partial charge on any atom is -0.261 e. The van der Waals surface area contributed by atoms with E-state index in [9.17, 15) is 4.39 Å². The van der Waals surface area contributed by atoms with Crippen LogP contribution in [0.4, 0.5) is 4.39 Å². The summed E-state index contributed by atoms with van der Waals surface area (Å²) in [5, 5.41) is 0.799. The molecule has 0 bridgehead atoms. The molecular formula is C15H11FN2. The van der Waals surface area contributed by atoms with Crippen molar-refractivity contribution >= 4 is 10.9 Å². The summed E-state index contributed by atoms with van der Waals surface area (Å²) >= 11 is 0. The van der Waals surface area contributed by atoms with Crippen LogP contribution < -0.4 is 0 Å². The first-order chi connectivity index (χ1) is 8.72. The van der Waals surface area contributed by atoms with Crippen molar-refractivity contribution in [2.24, 2.45) is 0 Å². The van der Waals surface area contributed by atoms with E-state index in [0.29, 0.717) is 0 Å². The van der Waals surface area contributed by atoms with Gasteiger partial charge in [0.05, 0.1) is 5.52 Å². The normalized spacial score (nSPS) is 10.8. The molecule has 0 radical (unpaired) electrons. The molecule has 1 aromatic carbocycles. The predicted octanol–water partition coefficient (Wildman–Crippen LogP) is 3.74. The van der Waals surface area contributed by atoms with Crippen molar-refractivity contribution in [3.05, 3.63) is 60.3 Å². The summed E-state index contributed by atoms with van der Waals surface area (Å²) in [6.07, 6.45) is 3.59. The van der Waals surface area contributed by atoms with Gasteiger partial charge in [-0.05, 0) is 37.3 Å². The van der Waals surface area contributed by atoms with Crippen molar-refractivity contribution < 1.29 is 4.39 Å². The third-order valence-electron chi connectivity index (χ3n) is 2.89. The maximum Gasteiger partial charge on any atom is 0.123 e. The number of aryl methyl sites for hydroxylation is 1. The first-order valence-electron chi connectivity index (χ1n) is 5.71. The van der Waals surface area contributed by atoms with E-state index in [1.807, 2.05) is 25.1 Å². The summed E-state index contributed by atoms with van der Waals surface area (Å²) in [7, 11) is 0. The lowest BCUT2D eigenvalue weighted by Gasteiger charge is -2.03. The number of fused-ring (bicyclic) bond motifs is 1. The van der Waals surface area contributed by atoms with E-state index in [-0.39, 0.29) is 5.82 Å². The molecule has 3 rings (SSSR count). The van der Waals surface area contributed by atoms with Crippen LogP contribution in [0.5, 0.6) is 0 Å². The molecule has 3 aromatic rings. The van der Waals surface area contributed by atoms with Crippen molar-refractivity contribution in [2.45, 2.75) is 6.92 Å². The molecule has 18 heavy (non-hydrogen) atoms. The highest BCUT2D eigenvalue weighted by Crippen LogP contribution is 2.22. The van der Waals surface area contributed by atoms with Crippen LogP contribution in [0.3, 0.4) is 0 Å². The highest BCUT2D eigenvalue weighted by Gasteiger charge is 2.02. The standard InChI is InChI=1S/C15H11FN2/c1-10-2-3-11(8-17-10)13-6-12-7-14(16)4-5-15(12)18-9-13/h2-9H,1H3. The van der Waals surface area contributed by atoms with Gasteiger partial charge in [0.15, 0.2) is 0 Å². The molecule has 0 spiro atoms. The second kappa shape index (κ2) is 4.18. The van der Waals surface area contributed by atoms with Gasteiger partial charge in [0.1, 0.15) is 5.82 Å². The minimum absolute atomic E-state index is 0.247. The van der Waals surface area contributed by atoms with E-state index in [1.54, 1.807) is 18.5 Å². The summed E-state index contributed by atoms with van der Waals surface area (Å²) in [5.41, 5.74) is 3.69. The Kier molecular flexibility index (Phi) is 2.52. The number of halogens is 1. The quantitative estimate of drug-likeness (QED) is 0.645. The maximum absolute atomic E-state index is 13.2. The molecule has 3 heteroatoms. The molecule has 0 amide bonds. The highest BCUT2D eigenvalue weighted by molar-refractivity contribution is 5.83. The van der Waals surface area contributed by atoms with Gasteiger partial charge < -0.3 is 0 Å². The van der Waals surface area contributed by atoms with Crippen molar-refractivity contribution in [3.63, 3.8) is 0 Å². The molecular weight excluding hydrogens is 227 g/mol. The molecule has 0 fully saturated rings. The van der Waals surface area contributed by atoms with Crippen LogP contribution >= 0.6 is 0 Å². The van der Waals surface area contributed by atoms with Crippen LogP contribution in [-0.2, 0) is 0 Å². The SMILES string of the molecule is Cc1ccc(-c2cnc3ccc(F)cc3c2)cn1. The van der Waals surface area contributed by atoms with E-state index < -0.39 is 0 Å². The van der Waals surface area contributed by atoms with Gasteiger partial charge in [-0.3, -0.25) is 9.97 Å². The second-order valence-corrected chi connectivity index (χ2v) is 4.25. The summed E-state index contributed by atoms with van der Waals surface area (Å²) in [5.74, 6) is -0.247. The summed E-state index contributed by atoms with van der Waals surface area (Å²) < 4.78 is 13.2. The molecule has 2 heterocycles. The largest absolute Gasteiger partial charge is 0.261 e. The van der Waals surface area contributed by atoms with Gasteiger partial charge in [0.2, 0.25) is 0 Å². The number of benzene rings is 1. The van der Waals surface area contributed by atoms with E-state index in [0.717, 1.165) is 27.7 Å². The Labute approximate surface area is 104 Å². The molecule has 2 aromatic heterocycles. The number of pyridine rings is 2. The highest BCUT2D eigenvalue weighted by atomic mass is 19.1. The average molecular weight is 238 g/mol. The van der Waals surface area contributed by atoms with Crippen LogP contribution in [0.15, 0.2) is 48.8 Å². The zero-order valence-electron chi connectivity index (χ0n) is 9.89. The van der Waals surface area contributed by atoms with Crippen LogP contribution in [0.2, 0.25) is 0 Å². The van der Waals surface area contributed by atoms with E-state index in [4.69, 9.17) is 0 Å². The van der Waals surface area contributed by atoms with E-state index >= 15 is 0 Å². The zero-order chi connectivity index (χ0) is 12.5. The third-order valence-corrected chi connectivity index (χ3v) is 2.89. The molecule has 0 atom stereocenters. The van der Waals surface area contributed by atoms with Crippen molar-refractivity contribution in [1.82, 2.24) is 9.97 Å². The Morgan fingerprint density at radius 2 is 1.72 bits per heavy atom. The van der Waals surface area contributed by atoms with Crippen molar-refractivity contribution in [3.8, 4) is 11.1 Å². The van der Waals surface area contributed by atoms with Gasteiger partial charge in [-0.1, -0.05) is 6.07 Å². The van der Waals surface area contributed by atoms with Gasteiger partial charge in [-0.2, -0.15) is 0 Å². The third kappa shape index (κ3) is 1.95. The molecule has 0 N–H and O–H groups in total. The van der Waals surface area contributed by atoms with Crippen molar-refractivity contribution in [1.29, 1.82) is 0 Å². The molecule has 0 aliphatic heterocycles. The Hall–Kier alpha value is -2.29. The first-order valence-corrected chi connectivity index (χ1v) is 5.71.